The molecule has 18 nitrogen and oxygen atoms in total. The lowest BCUT2D eigenvalue weighted by molar-refractivity contribution is -0.150. The first-order valence-corrected chi connectivity index (χ1v) is 14.2. The summed E-state index contributed by atoms with van der Waals surface area (Å²) >= 11 is 2.43. The Kier molecular flexibility index (Phi) is 9.70. The number of nitrogens with zero attached hydrogens (tertiary/aromatic N) is 5. The highest BCUT2D eigenvalue weighted by atomic mass is 32.3. The summed E-state index contributed by atoms with van der Waals surface area (Å²) in [5.41, 5.74) is 6.14. The van der Waals surface area contributed by atoms with Crippen molar-refractivity contribution in [1.29, 1.82) is 5.41 Å². The predicted octanol–water partition coefficient (Wildman–Crippen LogP) is -2.06. The number of nitrogens with one attached hydrogen (secondary N) is 2. The molecule has 4 heterocycles. The monoisotopic (exact) mass is 620 g/mol. The number of oxime groups is 1. The molecule has 0 radical (unpaired) electrons. The van der Waals surface area contributed by atoms with Gasteiger partial charge in [-0.1, -0.05) is 5.16 Å². The van der Waals surface area contributed by atoms with Gasteiger partial charge in [0.05, 0.1) is 19.7 Å². The largest absolute Gasteiger partial charge is 0.477 e. The van der Waals surface area contributed by atoms with Gasteiger partial charge in [-0.3, -0.25) is 38.4 Å². The van der Waals surface area contributed by atoms with Crippen molar-refractivity contribution in [3.8, 4) is 0 Å². The fourth-order valence-electron chi connectivity index (χ4n) is 3.85. The van der Waals surface area contributed by atoms with E-state index < -0.39 is 39.6 Å². The van der Waals surface area contributed by atoms with Crippen LogP contribution in [0, 0.1) is 5.41 Å². The lowest BCUT2D eigenvalue weighted by Gasteiger charge is -2.49. The van der Waals surface area contributed by atoms with E-state index in [1.54, 1.807) is 10.9 Å². The molecule has 0 spiro atoms. The standard InChI is InChI=1S/C19H22N8O6S2.H2O4S/c1-33-24-12(10-8-35-19(21)22-10)15(29)23-13-16(30)27-14(18(31)32)9(7-34-17(13)27)6-25-3-2-11(20)26(25)4-5-28;1-5(2,3)4/h2-3,8,13,17,20,28H,4-7H2,1H3,(H2,21,22)(H,23,29)(H,31,32);(H2,1,2,3,4)/b20-11?,24-12+;/t13-,17-;/m1./s1. The van der Waals surface area contributed by atoms with E-state index in [9.17, 15) is 24.6 Å². The summed E-state index contributed by atoms with van der Waals surface area (Å²) in [6.07, 6.45) is 1.62. The Labute approximate surface area is 233 Å². The summed E-state index contributed by atoms with van der Waals surface area (Å²) in [4.78, 5) is 47.8. The molecule has 0 saturated carbocycles. The Morgan fingerprint density at radius 3 is 2.60 bits per heavy atom. The quantitative estimate of drug-likeness (QED) is 0.0688. The van der Waals surface area contributed by atoms with Gasteiger partial charge in [-0.05, 0) is 11.6 Å². The number of nitrogen functional groups attached to an aromatic ring is 1. The molecular weight excluding hydrogens is 596 g/mol. The molecule has 0 aliphatic carbocycles. The van der Waals surface area contributed by atoms with Crippen LogP contribution in [0.5, 0.6) is 0 Å². The lowest BCUT2D eigenvalue weighted by Crippen LogP contribution is -2.71. The van der Waals surface area contributed by atoms with E-state index in [1.165, 1.54) is 35.0 Å². The second-order valence-corrected chi connectivity index (χ2v) is 10.8. The summed E-state index contributed by atoms with van der Waals surface area (Å²) in [6.45, 7) is 0.108. The van der Waals surface area contributed by atoms with Gasteiger partial charge in [0.1, 0.15) is 35.4 Å². The number of rotatable bonds is 9. The van der Waals surface area contributed by atoms with Crippen LogP contribution in [0.15, 0.2) is 34.1 Å². The molecular formula is C19H24N8O10S3. The van der Waals surface area contributed by atoms with Crippen LogP contribution in [0.25, 0.3) is 0 Å². The number of thioether (sulfide) groups is 1. The molecule has 2 atom stereocenters. The molecule has 1 saturated heterocycles. The molecule has 0 bridgehead atoms. The predicted molar refractivity (Wildman–Crippen MR) is 139 cm³/mol. The molecule has 2 amide bonds. The van der Waals surface area contributed by atoms with Gasteiger partial charge in [0.15, 0.2) is 10.8 Å². The topological polar surface area (TPSA) is 276 Å². The minimum Gasteiger partial charge on any atom is -0.477 e. The highest BCUT2D eigenvalue weighted by Crippen LogP contribution is 2.40. The van der Waals surface area contributed by atoms with Gasteiger partial charge in [-0.15, -0.1) is 23.1 Å². The average Bonchev–Trinajstić information content (AvgIpc) is 3.45. The smallest absolute Gasteiger partial charge is 0.394 e. The number of carboxylic acids is 1. The highest BCUT2D eigenvalue weighted by Gasteiger charge is 2.54. The van der Waals surface area contributed by atoms with E-state index in [2.05, 4.69) is 15.5 Å². The molecule has 2 aromatic heterocycles. The van der Waals surface area contributed by atoms with Crippen molar-refractivity contribution in [1.82, 2.24) is 24.6 Å². The molecule has 0 unspecified atom stereocenters. The number of anilines is 1. The van der Waals surface area contributed by atoms with Crippen LogP contribution in [-0.4, -0.2) is 101 Å². The molecule has 2 aliphatic rings. The van der Waals surface area contributed by atoms with Gasteiger partial charge in [0, 0.05) is 17.3 Å². The van der Waals surface area contributed by atoms with Crippen LogP contribution in [0.3, 0.4) is 0 Å². The highest BCUT2D eigenvalue weighted by molar-refractivity contribution is 8.00. The number of aliphatic hydroxyl groups is 1. The molecule has 0 aromatic carbocycles. The zero-order valence-corrected chi connectivity index (χ0v) is 22.9. The fraction of sp³-hybridized carbons (Fsp3) is 0.368. The lowest BCUT2D eigenvalue weighted by atomic mass is 10.0. The Bertz CT molecular complexity index is 1520. The van der Waals surface area contributed by atoms with Gasteiger partial charge in [0.25, 0.3) is 11.8 Å². The number of aromatic nitrogens is 3. The van der Waals surface area contributed by atoms with Crippen LogP contribution >= 0.6 is 23.1 Å². The number of thiazole rings is 1. The van der Waals surface area contributed by atoms with Crippen molar-refractivity contribution in [3.05, 3.63) is 40.1 Å². The summed E-state index contributed by atoms with van der Waals surface area (Å²) in [7, 11) is -3.40. The zero-order valence-electron chi connectivity index (χ0n) is 20.5. The van der Waals surface area contributed by atoms with Crippen LogP contribution in [0.4, 0.5) is 5.13 Å². The number of hydrogen-bond donors (Lipinski definition) is 7. The molecule has 4 rings (SSSR count). The Morgan fingerprint density at radius 2 is 2.05 bits per heavy atom. The van der Waals surface area contributed by atoms with Gasteiger partial charge in [-0.25, -0.2) is 9.78 Å². The minimum absolute atomic E-state index is 0.122. The normalized spacial score (nSPS) is 18.9. The number of aliphatic hydroxyl groups excluding tert-OH is 1. The molecule has 21 heteroatoms. The zero-order chi connectivity index (χ0) is 29.8. The van der Waals surface area contributed by atoms with E-state index in [-0.39, 0.29) is 53.2 Å². The maximum absolute atomic E-state index is 13.0. The molecule has 40 heavy (non-hydrogen) atoms. The van der Waals surface area contributed by atoms with Crippen molar-refractivity contribution in [2.24, 2.45) is 5.16 Å². The number of nitrogens with two attached hydrogens (primary N) is 1. The number of amides is 2. The maximum atomic E-state index is 13.0. The first kappa shape index (κ1) is 30.8. The van der Waals surface area contributed by atoms with Crippen molar-refractivity contribution in [2.45, 2.75) is 24.5 Å². The van der Waals surface area contributed by atoms with Gasteiger partial charge >= 0.3 is 16.4 Å². The van der Waals surface area contributed by atoms with E-state index >= 15 is 0 Å². The van der Waals surface area contributed by atoms with Crippen molar-refractivity contribution in [2.75, 3.05) is 25.2 Å². The average molecular weight is 621 g/mol. The first-order chi connectivity index (χ1) is 18.8. The van der Waals surface area contributed by atoms with Gasteiger partial charge in [-0.2, -0.15) is 8.42 Å². The second-order valence-electron chi connectivity index (χ2n) is 7.90. The molecule has 8 N–H and O–H groups in total. The number of aliphatic carboxylic acids is 1. The van der Waals surface area contributed by atoms with Crippen LogP contribution in [0.1, 0.15) is 5.69 Å². The van der Waals surface area contributed by atoms with E-state index in [0.29, 0.717) is 5.57 Å². The SMILES string of the molecule is CO/N=C(/C(=O)N[C@@H]1C(=O)N2C(C(=O)O)=C(Cn3ccc(=N)n3CCO)CS[C@H]12)c1csc(N)n1.O=S(=O)(O)O. The molecule has 218 valence electrons. The third kappa shape index (κ3) is 7.05. The Hall–Kier alpha value is -3.76. The third-order valence-corrected chi connectivity index (χ3v) is 7.37. The summed E-state index contributed by atoms with van der Waals surface area (Å²) in [5.74, 6) is -2.26. The van der Waals surface area contributed by atoms with Crippen molar-refractivity contribution >= 4 is 62.1 Å². The van der Waals surface area contributed by atoms with E-state index in [4.69, 9.17) is 33.5 Å². The van der Waals surface area contributed by atoms with Gasteiger partial charge < -0.3 is 26.1 Å². The fourth-order valence-corrected chi connectivity index (χ4v) is 5.73. The summed E-state index contributed by atoms with van der Waals surface area (Å²) in [6, 6.07) is 0.567. The van der Waals surface area contributed by atoms with E-state index in [1.807, 2.05) is 0 Å². The second kappa shape index (κ2) is 12.6. The number of fused-ring (bicyclic) bond motifs is 1. The third-order valence-electron chi connectivity index (χ3n) is 5.36. The molecule has 1 fully saturated rings. The van der Waals surface area contributed by atoms with Crippen molar-refractivity contribution < 1.29 is 47.0 Å². The number of carbonyl (C=O) groups excluding carboxylic acids is 2. The number of β-lactam (4-membered cyclic amide) rings is 1. The maximum Gasteiger partial charge on any atom is 0.394 e. The Morgan fingerprint density at radius 1 is 1.38 bits per heavy atom. The summed E-state index contributed by atoms with van der Waals surface area (Å²) in [5, 5.41) is 34.5. The van der Waals surface area contributed by atoms with Crippen LogP contribution in [0.2, 0.25) is 0 Å². The van der Waals surface area contributed by atoms with E-state index in [0.717, 1.165) is 16.2 Å². The Balaban J connectivity index is 0.000000810. The molecule has 2 aromatic rings. The minimum atomic E-state index is -4.67. The number of carboxylic acid groups (broad SMARTS) is 1. The van der Waals surface area contributed by atoms with Crippen LogP contribution in [-0.2, 0) is 42.7 Å². The van der Waals surface area contributed by atoms with Crippen LogP contribution < -0.4 is 16.5 Å². The van der Waals surface area contributed by atoms with Gasteiger partial charge in [0.2, 0.25) is 0 Å². The number of hydrogen-bond acceptors (Lipinski definition) is 13. The first-order valence-electron chi connectivity index (χ1n) is 10.9. The summed E-state index contributed by atoms with van der Waals surface area (Å²) < 4.78 is 34.7. The molecule has 2 aliphatic heterocycles. The number of carbonyl (C=O) groups is 3. The van der Waals surface area contributed by atoms with Crippen molar-refractivity contribution in [3.63, 3.8) is 0 Å².